The molecule has 0 saturated carbocycles. The number of nitrogens with zero attached hydrogens (tertiary/aromatic N) is 3. The predicted octanol–water partition coefficient (Wildman–Crippen LogP) is 0.543. The Morgan fingerprint density at radius 2 is 2.30 bits per heavy atom. The van der Waals surface area contributed by atoms with Crippen LogP contribution >= 0.6 is 0 Å². The van der Waals surface area contributed by atoms with Crippen molar-refractivity contribution in [2.24, 2.45) is 0 Å². The van der Waals surface area contributed by atoms with E-state index in [1.54, 1.807) is 13.0 Å². The minimum absolute atomic E-state index is 0.0627. The van der Waals surface area contributed by atoms with E-state index >= 15 is 0 Å². The van der Waals surface area contributed by atoms with Gasteiger partial charge in [-0.3, -0.25) is 24.3 Å². The van der Waals surface area contributed by atoms with Crippen LogP contribution in [-0.4, -0.2) is 21.4 Å². The van der Waals surface area contributed by atoms with Crippen molar-refractivity contribution in [1.29, 1.82) is 5.26 Å². The molecule has 8 nitrogen and oxygen atoms in total. The summed E-state index contributed by atoms with van der Waals surface area (Å²) in [6, 6.07) is 2.42. The zero-order chi connectivity index (χ0) is 15.3. The summed E-state index contributed by atoms with van der Waals surface area (Å²) in [7, 11) is 0. The van der Waals surface area contributed by atoms with Crippen molar-refractivity contribution >= 4 is 11.6 Å². The summed E-state index contributed by atoms with van der Waals surface area (Å²) in [5.74, 6) is -0.439. The van der Waals surface area contributed by atoms with E-state index in [2.05, 4.69) is 5.32 Å². The van der Waals surface area contributed by atoms with Gasteiger partial charge in [-0.05, 0) is 13.3 Å². The number of hydrogen-bond acceptors (Lipinski definition) is 5. The number of amides is 1. The highest BCUT2D eigenvalue weighted by Crippen LogP contribution is 2.09. The first-order chi connectivity index (χ1) is 9.38. The molecule has 0 aromatic carbocycles. The van der Waals surface area contributed by atoms with Gasteiger partial charge < -0.3 is 5.32 Å². The molecule has 1 amide bonds. The van der Waals surface area contributed by atoms with Crippen LogP contribution < -0.4 is 10.9 Å². The molecule has 0 aliphatic rings. The second-order valence-electron chi connectivity index (χ2n) is 4.29. The van der Waals surface area contributed by atoms with Crippen molar-refractivity contribution in [3.8, 4) is 6.07 Å². The minimum atomic E-state index is -0.725. The lowest BCUT2D eigenvalue weighted by molar-refractivity contribution is -0.385. The summed E-state index contributed by atoms with van der Waals surface area (Å²) in [5.41, 5.74) is -1.49. The molecule has 0 spiro atoms. The first kappa shape index (κ1) is 15.4. The van der Waals surface area contributed by atoms with E-state index in [1.165, 1.54) is 0 Å². The molecule has 20 heavy (non-hydrogen) atoms. The van der Waals surface area contributed by atoms with Crippen LogP contribution in [0, 0.1) is 21.4 Å². The van der Waals surface area contributed by atoms with Crippen LogP contribution in [0.5, 0.6) is 0 Å². The van der Waals surface area contributed by atoms with Gasteiger partial charge in [-0.25, -0.2) is 0 Å². The largest absolute Gasteiger partial charge is 0.352 e. The Bertz CT molecular complexity index is 629. The molecule has 1 heterocycles. The maximum Gasteiger partial charge on any atom is 0.287 e. The summed E-state index contributed by atoms with van der Waals surface area (Å²) < 4.78 is 0.869. The van der Waals surface area contributed by atoms with E-state index in [0.717, 1.165) is 23.3 Å². The number of rotatable bonds is 5. The lowest BCUT2D eigenvalue weighted by atomic mass is 10.2. The van der Waals surface area contributed by atoms with E-state index in [4.69, 9.17) is 5.26 Å². The number of carbonyl (C=O) groups excluding carboxylic acids is 1. The van der Waals surface area contributed by atoms with E-state index in [9.17, 15) is 19.7 Å². The number of carbonyl (C=O) groups is 1. The summed E-state index contributed by atoms with van der Waals surface area (Å²) >= 11 is 0. The zero-order valence-corrected chi connectivity index (χ0v) is 11.1. The van der Waals surface area contributed by atoms with Crippen molar-refractivity contribution in [3.63, 3.8) is 0 Å². The number of hydrogen-bond donors (Lipinski definition) is 1. The van der Waals surface area contributed by atoms with E-state index in [1.807, 2.05) is 6.92 Å². The van der Waals surface area contributed by atoms with Gasteiger partial charge in [0.2, 0.25) is 5.91 Å². The summed E-state index contributed by atoms with van der Waals surface area (Å²) in [6.07, 6.45) is 1.68. The van der Waals surface area contributed by atoms with Gasteiger partial charge in [0.15, 0.2) is 0 Å². The minimum Gasteiger partial charge on any atom is -0.352 e. The molecule has 0 bridgehead atoms. The van der Waals surface area contributed by atoms with Crippen LogP contribution in [0.3, 0.4) is 0 Å². The van der Waals surface area contributed by atoms with Crippen LogP contribution in [0.2, 0.25) is 0 Å². The molecule has 1 aromatic rings. The molecule has 106 valence electrons. The Balaban J connectivity index is 3.09. The summed E-state index contributed by atoms with van der Waals surface area (Å²) in [5, 5.41) is 22.1. The molecule has 0 fully saturated rings. The number of pyridine rings is 1. The number of aromatic nitrogens is 1. The van der Waals surface area contributed by atoms with Gasteiger partial charge in [0.1, 0.15) is 18.2 Å². The first-order valence-corrected chi connectivity index (χ1v) is 5.97. The highest BCUT2D eigenvalue weighted by atomic mass is 16.6. The van der Waals surface area contributed by atoms with Gasteiger partial charge in [0, 0.05) is 12.1 Å². The van der Waals surface area contributed by atoms with Gasteiger partial charge in [0.25, 0.3) is 11.2 Å². The van der Waals surface area contributed by atoms with E-state index < -0.39 is 22.1 Å². The third-order valence-electron chi connectivity index (χ3n) is 2.74. The second-order valence-corrected chi connectivity index (χ2v) is 4.29. The van der Waals surface area contributed by atoms with Crippen LogP contribution in [0.4, 0.5) is 5.69 Å². The Morgan fingerprint density at radius 1 is 1.65 bits per heavy atom. The Labute approximate surface area is 114 Å². The highest BCUT2D eigenvalue weighted by Gasteiger charge is 2.16. The fourth-order valence-electron chi connectivity index (χ4n) is 1.49. The van der Waals surface area contributed by atoms with Crippen molar-refractivity contribution in [3.05, 3.63) is 38.3 Å². The van der Waals surface area contributed by atoms with Crippen LogP contribution in [0.25, 0.3) is 0 Å². The predicted molar refractivity (Wildman–Crippen MR) is 70.0 cm³/mol. The van der Waals surface area contributed by atoms with Crippen molar-refractivity contribution in [2.45, 2.75) is 32.9 Å². The Hall–Kier alpha value is -2.69. The molecule has 0 radical (unpaired) electrons. The number of nitrogens with one attached hydrogen (secondary N) is 1. The molecule has 0 unspecified atom stereocenters. The zero-order valence-electron chi connectivity index (χ0n) is 11.1. The molecule has 1 aromatic heterocycles. The molecule has 1 atom stereocenters. The van der Waals surface area contributed by atoms with Gasteiger partial charge in [-0.2, -0.15) is 5.26 Å². The van der Waals surface area contributed by atoms with Crippen LogP contribution in [-0.2, 0) is 11.3 Å². The molecule has 1 N–H and O–H groups in total. The average Bonchev–Trinajstić information content (AvgIpc) is 2.40. The standard InChI is InChI=1S/C12H14N4O4/c1-3-8(2)14-11(17)7-15-6-10(16(19)20)4-9(5-13)12(15)18/h4,6,8H,3,7H2,1-2H3,(H,14,17)/t8-/m1/s1. The molecule has 0 aliphatic heterocycles. The molecular weight excluding hydrogens is 264 g/mol. The quantitative estimate of drug-likeness (QED) is 0.623. The van der Waals surface area contributed by atoms with Crippen molar-refractivity contribution in [1.82, 2.24) is 9.88 Å². The highest BCUT2D eigenvalue weighted by molar-refractivity contribution is 5.76. The van der Waals surface area contributed by atoms with Gasteiger partial charge in [-0.1, -0.05) is 6.92 Å². The summed E-state index contributed by atoms with van der Waals surface area (Å²) in [4.78, 5) is 33.5. The van der Waals surface area contributed by atoms with Crippen LogP contribution in [0.15, 0.2) is 17.1 Å². The SMILES string of the molecule is CC[C@@H](C)NC(=O)Cn1cc([N+](=O)[O-])cc(C#N)c1=O. The normalized spacial score (nSPS) is 11.4. The topological polar surface area (TPSA) is 118 Å². The van der Waals surface area contributed by atoms with Crippen molar-refractivity contribution < 1.29 is 9.72 Å². The van der Waals surface area contributed by atoms with Gasteiger partial charge in [-0.15, -0.1) is 0 Å². The monoisotopic (exact) mass is 278 g/mol. The van der Waals surface area contributed by atoms with E-state index in [-0.39, 0.29) is 18.2 Å². The molecule has 1 rings (SSSR count). The van der Waals surface area contributed by atoms with E-state index in [0.29, 0.717) is 0 Å². The molecule has 0 aliphatic carbocycles. The third kappa shape index (κ3) is 3.65. The van der Waals surface area contributed by atoms with Gasteiger partial charge >= 0.3 is 0 Å². The maximum absolute atomic E-state index is 11.8. The summed E-state index contributed by atoms with van der Waals surface area (Å²) in [6.45, 7) is 3.33. The Morgan fingerprint density at radius 3 is 2.80 bits per heavy atom. The molecular formula is C12H14N4O4. The average molecular weight is 278 g/mol. The number of nitro groups is 1. The molecule has 0 saturated heterocycles. The lowest BCUT2D eigenvalue weighted by Crippen LogP contribution is -2.37. The fraction of sp³-hybridized carbons (Fsp3) is 0.417. The number of nitriles is 1. The van der Waals surface area contributed by atoms with Gasteiger partial charge in [0.05, 0.1) is 11.1 Å². The lowest BCUT2D eigenvalue weighted by Gasteiger charge is -2.12. The fourth-order valence-corrected chi connectivity index (χ4v) is 1.49. The smallest absolute Gasteiger partial charge is 0.287 e. The second kappa shape index (κ2) is 6.47. The van der Waals surface area contributed by atoms with Crippen LogP contribution in [0.1, 0.15) is 25.8 Å². The van der Waals surface area contributed by atoms with Crippen molar-refractivity contribution in [2.75, 3.05) is 0 Å². The maximum atomic E-state index is 11.8. The first-order valence-electron chi connectivity index (χ1n) is 5.97. The molecule has 8 heteroatoms. The third-order valence-corrected chi connectivity index (χ3v) is 2.74. The Kier molecular flexibility index (Phi) is 4.97.